The minimum Gasteiger partial charge on any atom is -0.499 e. The molecule has 0 unspecified atom stereocenters. The highest BCUT2D eigenvalue weighted by Crippen LogP contribution is 2.32. The lowest BCUT2D eigenvalue weighted by Gasteiger charge is -2.25. The first-order chi connectivity index (χ1) is 6.40. The van der Waals surface area contributed by atoms with Crippen molar-refractivity contribution in [3.05, 3.63) is 12.3 Å². The van der Waals surface area contributed by atoms with Gasteiger partial charge in [0.15, 0.2) is 0 Å². The second-order valence-corrected chi connectivity index (χ2v) is 4.10. The third-order valence-corrected chi connectivity index (χ3v) is 2.06. The Bertz CT molecular complexity index is 209. The van der Waals surface area contributed by atoms with Crippen LogP contribution in [0, 0.1) is 0 Å². The first kappa shape index (κ1) is 13.3. The second kappa shape index (κ2) is 5.89. The lowest BCUT2D eigenvalue weighted by Crippen LogP contribution is -2.23. The van der Waals surface area contributed by atoms with Crippen LogP contribution in [0.15, 0.2) is 12.3 Å². The molecule has 0 aromatic heterocycles. The lowest BCUT2D eigenvalue weighted by atomic mass is 9.51. The van der Waals surface area contributed by atoms with Gasteiger partial charge in [-0.2, -0.15) is 0 Å². The molecule has 0 bridgehead atoms. The van der Waals surface area contributed by atoms with Gasteiger partial charge in [-0.1, -0.05) is 33.8 Å². The summed E-state index contributed by atoms with van der Waals surface area (Å²) in [6, 6.07) is 0. The summed E-state index contributed by atoms with van der Waals surface area (Å²) in [5.74, 6) is 0.668. The Labute approximate surface area is 88.0 Å². The molecule has 0 heterocycles. The quantitative estimate of drug-likeness (QED) is 0.354. The molecule has 0 N–H and O–H groups in total. The van der Waals surface area contributed by atoms with Crippen LogP contribution in [0.5, 0.6) is 0 Å². The maximum Gasteiger partial charge on any atom is 0.217 e. The van der Waals surface area contributed by atoms with Crippen LogP contribution in [0.3, 0.4) is 0 Å². The Morgan fingerprint density at radius 1 is 1.50 bits per heavy atom. The highest BCUT2D eigenvalue weighted by molar-refractivity contribution is 6.76. The normalized spacial score (nSPS) is 10.9. The second-order valence-electron chi connectivity index (χ2n) is 4.10. The van der Waals surface area contributed by atoms with Gasteiger partial charge in [-0.25, -0.2) is 0 Å². The average Bonchev–Trinajstić information content (AvgIpc) is 2.02. The van der Waals surface area contributed by atoms with E-state index in [-0.39, 0.29) is 11.0 Å². The number of ether oxygens (including phenoxy) is 1. The van der Waals surface area contributed by atoms with Gasteiger partial charge in [-0.15, -0.1) is 0 Å². The fraction of sp³-hybridized carbons (Fsp3) is 0.727. The number of carbonyl (C=O) groups excluding carboxylic acids is 1. The van der Waals surface area contributed by atoms with Crippen LogP contribution in [0.2, 0.25) is 5.31 Å². The van der Waals surface area contributed by atoms with E-state index < -0.39 is 0 Å². The standard InChI is InChI=1S/C11H20BO2/c1-6-7-8-14-9(2)11(4,5)12-10(3)13/h2,6-8H2,1,3-5H3. The van der Waals surface area contributed by atoms with Crippen LogP contribution in [-0.2, 0) is 9.53 Å². The minimum atomic E-state index is -0.362. The van der Waals surface area contributed by atoms with E-state index in [1.807, 2.05) is 13.8 Å². The van der Waals surface area contributed by atoms with E-state index in [1.54, 1.807) is 14.2 Å². The zero-order valence-electron chi connectivity index (χ0n) is 9.72. The van der Waals surface area contributed by atoms with E-state index in [1.165, 1.54) is 0 Å². The molecule has 0 aromatic carbocycles. The van der Waals surface area contributed by atoms with Gasteiger partial charge in [0, 0.05) is 5.31 Å². The van der Waals surface area contributed by atoms with Crippen molar-refractivity contribution in [3.8, 4) is 0 Å². The molecule has 14 heavy (non-hydrogen) atoms. The van der Waals surface area contributed by atoms with Crippen LogP contribution in [0.1, 0.15) is 40.5 Å². The van der Waals surface area contributed by atoms with Crippen LogP contribution in [0.25, 0.3) is 0 Å². The molecule has 0 aromatic rings. The summed E-state index contributed by atoms with van der Waals surface area (Å²) in [5.41, 5.74) is 0.0511. The summed E-state index contributed by atoms with van der Waals surface area (Å²) >= 11 is 0. The van der Waals surface area contributed by atoms with Crippen molar-refractivity contribution < 1.29 is 9.53 Å². The molecule has 0 aliphatic carbocycles. The van der Waals surface area contributed by atoms with Crippen LogP contribution in [0.4, 0.5) is 0 Å². The molecule has 0 saturated carbocycles. The zero-order valence-corrected chi connectivity index (χ0v) is 9.72. The summed E-state index contributed by atoms with van der Waals surface area (Å²) in [6.07, 6.45) is 2.12. The summed E-state index contributed by atoms with van der Waals surface area (Å²) < 4.78 is 5.47. The highest BCUT2D eigenvalue weighted by Gasteiger charge is 2.26. The first-order valence-corrected chi connectivity index (χ1v) is 5.08. The van der Waals surface area contributed by atoms with E-state index >= 15 is 0 Å². The topological polar surface area (TPSA) is 26.3 Å². The van der Waals surface area contributed by atoms with Gasteiger partial charge in [-0.05, 0) is 13.3 Å². The lowest BCUT2D eigenvalue weighted by molar-refractivity contribution is -0.110. The SMILES string of the molecule is C=C(OCCCC)C(C)(C)[B]C(C)=O. The van der Waals surface area contributed by atoms with Gasteiger partial charge in [0.2, 0.25) is 7.28 Å². The van der Waals surface area contributed by atoms with Gasteiger partial charge in [0.05, 0.1) is 18.0 Å². The van der Waals surface area contributed by atoms with E-state index in [2.05, 4.69) is 13.5 Å². The summed E-state index contributed by atoms with van der Waals surface area (Å²) in [4.78, 5) is 10.9. The number of carbonyl (C=O) groups is 1. The molecule has 0 saturated heterocycles. The summed E-state index contributed by atoms with van der Waals surface area (Å²) in [7, 11) is 1.64. The maximum atomic E-state index is 10.9. The zero-order chi connectivity index (χ0) is 11.2. The van der Waals surface area contributed by atoms with Crippen molar-refractivity contribution in [1.29, 1.82) is 0 Å². The number of allylic oxidation sites excluding steroid dienone is 1. The Morgan fingerprint density at radius 3 is 2.50 bits per heavy atom. The molecule has 0 amide bonds. The summed E-state index contributed by atoms with van der Waals surface area (Å²) in [5, 5.41) is -0.362. The monoisotopic (exact) mass is 195 g/mol. The fourth-order valence-corrected chi connectivity index (χ4v) is 1.11. The average molecular weight is 195 g/mol. The van der Waals surface area contributed by atoms with Crippen LogP contribution in [-0.4, -0.2) is 19.6 Å². The van der Waals surface area contributed by atoms with E-state index in [0.29, 0.717) is 12.4 Å². The molecule has 0 atom stereocenters. The molecule has 0 fully saturated rings. The number of rotatable bonds is 7. The molecule has 2 nitrogen and oxygen atoms in total. The number of hydrogen-bond acceptors (Lipinski definition) is 2. The smallest absolute Gasteiger partial charge is 0.217 e. The van der Waals surface area contributed by atoms with Gasteiger partial charge < -0.3 is 9.53 Å². The minimum absolute atomic E-state index is 0.0511. The molecule has 0 aliphatic rings. The molecule has 79 valence electrons. The Kier molecular flexibility index (Phi) is 5.59. The summed E-state index contributed by atoms with van der Waals surface area (Å²) in [6.45, 7) is 12.0. The fourth-order valence-electron chi connectivity index (χ4n) is 1.11. The van der Waals surface area contributed by atoms with Gasteiger partial charge in [0.1, 0.15) is 0 Å². The predicted octanol–water partition coefficient (Wildman–Crippen LogP) is 2.77. The Balaban J connectivity index is 4.01. The molecule has 0 spiro atoms. The van der Waals surface area contributed by atoms with Crippen molar-refractivity contribution >= 4 is 13.0 Å². The van der Waals surface area contributed by atoms with Crippen molar-refractivity contribution in [3.63, 3.8) is 0 Å². The van der Waals surface area contributed by atoms with Crippen molar-refractivity contribution in [2.24, 2.45) is 0 Å². The largest absolute Gasteiger partial charge is 0.499 e. The van der Waals surface area contributed by atoms with E-state index in [4.69, 9.17) is 4.74 Å². The highest BCUT2D eigenvalue weighted by atomic mass is 16.5. The van der Waals surface area contributed by atoms with Gasteiger partial charge >= 0.3 is 0 Å². The van der Waals surface area contributed by atoms with E-state index in [9.17, 15) is 4.79 Å². The van der Waals surface area contributed by atoms with Crippen molar-refractivity contribution in [1.82, 2.24) is 0 Å². The van der Waals surface area contributed by atoms with E-state index in [0.717, 1.165) is 12.8 Å². The van der Waals surface area contributed by atoms with Gasteiger partial charge in [0.25, 0.3) is 0 Å². The third kappa shape index (κ3) is 5.10. The van der Waals surface area contributed by atoms with Crippen molar-refractivity contribution in [2.75, 3.05) is 6.61 Å². The molecular weight excluding hydrogens is 175 g/mol. The van der Waals surface area contributed by atoms with Crippen LogP contribution >= 0.6 is 0 Å². The van der Waals surface area contributed by atoms with Crippen LogP contribution < -0.4 is 0 Å². The van der Waals surface area contributed by atoms with Crippen molar-refractivity contribution in [2.45, 2.75) is 45.9 Å². The maximum absolute atomic E-state index is 10.9. The Morgan fingerprint density at radius 2 is 2.07 bits per heavy atom. The Hall–Kier alpha value is -0.725. The molecule has 0 rings (SSSR count). The molecule has 1 radical (unpaired) electrons. The number of hydrogen-bond donors (Lipinski definition) is 0. The number of unbranched alkanes of at least 4 members (excludes halogenated alkanes) is 1. The first-order valence-electron chi connectivity index (χ1n) is 5.08. The molecular formula is C11H20BO2. The molecule has 0 aliphatic heterocycles. The third-order valence-electron chi connectivity index (χ3n) is 2.06. The molecule has 3 heteroatoms. The van der Waals surface area contributed by atoms with Gasteiger partial charge in [-0.3, -0.25) is 0 Å². The predicted molar refractivity (Wildman–Crippen MR) is 60.5 cm³/mol.